The van der Waals surface area contributed by atoms with Crippen molar-refractivity contribution in [2.45, 2.75) is 18.2 Å². The Morgan fingerprint density at radius 2 is 2.07 bits per heavy atom. The second-order valence-electron chi connectivity index (χ2n) is 5.64. The third-order valence-corrected chi connectivity index (χ3v) is 4.90. The molecular formula is C19H18ClN5OS. The first-order chi connectivity index (χ1) is 13.2. The highest BCUT2D eigenvalue weighted by Crippen LogP contribution is 2.23. The Hall–Kier alpha value is -2.64. The molecule has 2 heterocycles. The number of pyridine rings is 1. The Kier molecular flexibility index (Phi) is 6.62. The minimum Gasteiger partial charge on any atom is -0.351 e. The molecule has 138 valence electrons. The van der Waals surface area contributed by atoms with Crippen LogP contribution in [0.4, 0.5) is 0 Å². The molecule has 0 spiro atoms. The molecule has 1 amide bonds. The van der Waals surface area contributed by atoms with Crippen molar-refractivity contribution in [3.05, 3.63) is 72.0 Å². The van der Waals surface area contributed by atoms with Crippen LogP contribution in [0.5, 0.6) is 0 Å². The third kappa shape index (κ3) is 5.18. The van der Waals surface area contributed by atoms with E-state index in [-0.39, 0.29) is 11.7 Å². The fourth-order valence-corrected chi connectivity index (χ4v) is 3.29. The van der Waals surface area contributed by atoms with Crippen molar-refractivity contribution in [3.8, 4) is 11.4 Å². The lowest BCUT2D eigenvalue weighted by Crippen LogP contribution is -2.24. The number of benzene rings is 1. The van der Waals surface area contributed by atoms with Crippen molar-refractivity contribution in [2.24, 2.45) is 0 Å². The minimum absolute atomic E-state index is 0.0777. The zero-order chi connectivity index (χ0) is 19.1. The van der Waals surface area contributed by atoms with E-state index >= 15 is 0 Å². The van der Waals surface area contributed by atoms with Crippen LogP contribution in [-0.4, -0.2) is 31.4 Å². The van der Waals surface area contributed by atoms with Crippen molar-refractivity contribution in [1.29, 1.82) is 0 Å². The first kappa shape index (κ1) is 19.1. The van der Waals surface area contributed by atoms with Gasteiger partial charge in [-0.2, -0.15) is 0 Å². The second kappa shape index (κ2) is 9.34. The molecule has 0 fully saturated rings. The predicted octanol–water partition coefficient (Wildman–Crippen LogP) is 3.59. The highest BCUT2D eigenvalue weighted by atomic mass is 35.5. The summed E-state index contributed by atoms with van der Waals surface area (Å²) < 4.78 is 1.92. The molecule has 0 unspecified atom stereocenters. The number of halogens is 1. The van der Waals surface area contributed by atoms with Crippen molar-refractivity contribution >= 4 is 29.3 Å². The Morgan fingerprint density at radius 1 is 1.26 bits per heavy atom. The molecule has 0 bridgehead atoms. The quantitative estimate of drug-likeness (QED) is 0.463. The second-order valence-corrected chi connectivity index (χ2v) is 7.02. The SMILES string of the molecule is C=CCn1c(SCC(=O)NCc2ccc(Cl)cc2)nnc1-c1cccnc1. The molecule has 27 heavy (non-hydrogen) atoms. The van der Waals surface area contributed by atoms with Crippen LogP contribution in [0.2, 0.25) is 5.02 Å². The molecule has 0 aliphatic carbocycles. The number of hydrogen-bond donors (Lipinski definition) is 1. The molecule has 8 heteroatoms. The summed E-state index contributed by atoms with van der Waals surface area (Å²) in [4.78, 5) is 16.3. The first-order valence-corrected chi connectivity index (χ1v) is 9.62. The van der Waals surface area contributed by atoms with E-state index < -0.39 is 0 Å². The number of thioether (sulfide) groups is 1. The van der Waals surface area contributed by atoms with Crippen LogP contribution in [0.3, 0.4) is 0 Å². The van der Waals surface area contributed by atoms with Gasteiger partial charge in [-0.05, 0) is 29.8 Å². The highest BCUT2D eigenvalue weighted by Gasteiger charge is 2.15. The number of nitrogens with zero attached hydrogens (tertiary/aromatic N) is 4. The number of hydrogen-bond acceptors (Lipinski definition) is 5. The Labute approximate surface area is 166 Å². The lowest BCUT2D eigenvalue weighted by Gasteiger charge is -2.08. The van der Waals surface area contributed by atoms with Gasteiger partial charge in [0.25, 0.3) is 0 Å². The molecule has 0 saturated carbocycles. The van der Waals surface area contributed by atoms with E-state index in [2.05, 4.69) is 27.1 Å². The number of amides is 1. The van der Waals surface area contributed by atoms with E-state index in [0.717, 1.165) is 11.1 Å². The van der Waals surface area contributed by atoms with Crippen molar-refractivity contribution in [2.75, 3.05) is 5.75 Å². The maximum absolute atomic E-state index is 12.2. The van der Waals surface area contributed by atoms with Gasteiger partial charge in [0.15, 0.2) is 11.0 Å². The molecule has 6 nitrogen and oxygen atoms in total. The van der Waals surface area contributed by atoms with Crippen molar-refractivity contribution in [3.63, 3.8) is 0 Å². The van der Waals surface area contributed by atoms with Crippen LogP contribution in [-0.2, 0) is 17.9 Å². The molecule has 0 aliphatic heterocycles. The maximum Gasteiger partial charge on any atom is 0.230 e. The monoisotopic (exact) mass is 399 g/mol. The molecule has 0 radical (unpaired) electrons. The van der Waals surface area contributed by atoms with E-state index in [0.29, 0.717) is 29.1 Å². The first-order valence-electron chi connectivity index (χ1n) is 8.26. The number of aromatic nitrogens is 4. The van der Waals surface area contributed by atoms with Crippen molar-refractivity contribution in [1.82, 2.24) is 25.1 Å². The highest BCUT2D eigenvalue weighted by molar-refractivity contribution is 7.99. The van der Waals surface area contributed by atoms with Crippen LogP contribution in [0, 0.1) is 0 Å². The van der Waals surface area contributed by atoms with Gasteiger partial charge in [0.05, 0.1) is 5.75 Å². The Morgan fingerprint density at radius 3 is 2.78 bits per heavy atom. The van der Waals surface area contributed by atoms with Crippen LogP contribution in [0.1, 0.15) is 5.56 Å². The predicted molar refractivity (Wildman–Crippen MR) is 107 cm³/mol. The van der Waals surface area contributed by atoms with E-state index in [9.17, 15) is 4.79 Å². The minimum atomic E-state index is -0.0777. The van der Waals surface area contributed by atoms with E-state index in [1.54, 1.807) is 30.6 Å². The number of nitrogens with one attached hydrogen (secondary N) is 1. The third-order valence-electron chi connectivity index (χ3n) is 3.68. The van der Waals surface area contributed by atoms with Gasteiger partial charge in [0, 0.05) is 36.1 Å². The van der Waals surface area contributed by atoms with Gasteiger partial charge >= 0.3 is 0 Å². The Balaban J connectivity index is 1.61. The molecule has 1 N–H and O–H groups in total. The number of allylic oxidation sites excluding steroid dienone is 1. The smallest absolute Gasteiger partial charge is 0.230 e. The van der Waals surface area contributed by atoms with Gasteiger partial charge in [-0.25, -0.2) is 0 Å². The zero-order valence-electron chi connectivity index (χ0n) is 14.5. The molecular weight excluding hydrogens is 382 g/mol. The van der Waals surface area contributed by atoms with Crippen molar-refractivity contribution < 1.29 is 4.79 Å². The standard InChI is InChI=1S/C19H18ClN5OS/c1-2-10-25-18(15-4-3-9-21-12-15)23-24-19(25)27-13-17(26)22-11-14-5-7-16(20)8-6-14/h2-9,12H,1,10-11,13H2,(H,22,26). The number of carbonyl (C=O) groups is 1. The molecule has 1 aromatic carbocycles. The van der Waals surface area contributed by atoms with E-state index in [4.69, 9.17) is 11.6 Å². The molecule has 0 aliphatic rings. The summed E-state index contributed by atoms with van der Waals surface area (Å²) in [6.07, 6.45) is 5.21. The van der Waals surface area contributed by atoms with E-state index in [1.807, 2.05) is 28.8 Å². The maximum atomic E-state index is 12.2. The lowest BCUT2D eigenvalue weighted by atomic mass is 10.2. The lowest BCUT2D eigenvalue weighted by molar-refractivity contribution is -0.118. The zero-order valence-corrected chi connectivity index (χ0v) is 16.1. The summed E-state index contributed by atoms with van der Waals surface area (Å²) in [6, 6.07) is 11.1. The average Bonchev–Trinajstić information content (AvgIpc) is 3.09. The van der Waals surface area contributed by atoms with Gasteiger partial charge in [-0.15, -0.1) is 16.8 Å². The molecule has 3 aromatic rings. The summed E-state index contributed by atoms with van der Waals surface area (Å²) in [5, 5.41) is 12.7. The largest absolute Gasteiger partial charge is 0.351 e. The summed E-state index contributed by atoms with van der Waals surface area (Å²) in [6.45, 7) is 4.79. The average molecular weight is 400 g/mol. The summed E-state index contributed by atoms with van der Waals surface area (Å²) >= 11 is 7.20. The number of carbonyl (C=O) groups excluding carboxylic acids is 1. The summed E-state index contributed by atoms with van der Waals surface area (Å²) in [5.41, 5.74) is 1.86. The van der Waals surface area contributed by atoms with E-state index in [1.165, 1.54) is 11.8 Å². The van der Waals surface area contributed by atoms with Crippen LogP contribution in [0.15, 0.2) is 66.6 Å². The molecule has 3 rings (SSSR count). The van der Waals surface area contributed by atoms with Gasteiger partial charge in [-0.1, -0.05) is 41.6 Å². The van der Waals surface area contributed by atoms with Crippen LogP contribution >= 0.6 is 23.4 Å². The summed E-state index contributed by atoms with van der Waals surface area (Å²) in [5.74, 6) is 0.869. The number of rotatable bonds is 8. The fourth-order valence-electron chi connectivity index (χ4n) is 2.38. The fraction of sp³-hybridized carbons (Fsp3) is 0.158. The Bertz CT molecular complexity index is 912. The normalized spacial score (nSPS) is 10.6. The van der Waals surface area contributed by atoms with Gasteiger partial charge in [0.1, 0.15) is 0 Å². The van der Waals surface area contributed by atoms with Crippen LogP contribution in [0.25, 0.3) is 11.4 Å². The molecule has 0 atom stereocenters. The van der Waals surface area contributed by atoms with Gasteiger partial charge in [-0.3, -0.25) is 14.3 Å². The van der Waals surface area contributed by atoms with Gasteiger partial charge < -0.3 is 5.32 Å². The summed E-state index contributed by atoms with van der Waals surface area (Å²) in [7, 11) is 0. The molecule has 2 aromatic heterocycles. The topological polar surface area (TPSA) is 72.7 Å². The van der Waals surface area contributed by atoms with Gasteiger partial charge in [0.2, 0.25) is 5.91 Å². The molecule has 0 saturated heterocycles. The van der Waals surface area contributed by atoms with Crippen LogP contribution < -0.4 is 5.32 Å².